The number of benzene rings is 1. The highest BCUT2D eigenvalue weighted by Crippen LogP contribution is 2.44. The minimum atomic E-state index is -1.26. The van der Waals surface area contributed by atoms with Crippen LogP contribution in [-0.4, -0.2) is 58.3 Å². The summed E-state index contributed by atoms with van der Waals surface area (Å²) in [5.41, 5.74) is 2.15. The van der Waals surface area contributed by atoms with Crippen LogP contribution in [0.4, 0.5) is 0 Å². The van der Waals surface area contributed by atoms with Crippen LogP contribution >= 0.6 is 36.2 Å². The number of rotatable bonds is 9. The summed E-state index contributed by atoms with van der Waals surface area (Å²) in [6.45, 7) is 10.3. The number of aliphatic carboxylic acids is 1. The predicted molar refractivity (Wildman–Crippen MR) is 160 cm³/mol. The van der Waals surface area contributed by atoms with E-state index in [1.54, 1.807) is 24.5 Å². The number of pyridine rings is 1. The number of nitrogens with zero attached hydrogens (tertiary/aromatic N) is 2. The number of carbonyl (C=O) groups is 2. The van der Waals surface area contributed by atoms with Crippen LogP contribution in [-0.2, 0) is 9.59 Å². The van der Waals surface area contributed by atoms with Crippen LogP contribution < -0.4 is 20.1 Å². The number of hydrogen-bond donors (Lipinski definition) is 3. The van der Waals surface area contributed by atoms with E-state index in [4.69, 9.17) is 19.4 Å². The summed E-state index contributed by atoms with van der Waals surface area (Å²) < 4.78 is 12.0. The molecule has 216 valence electrons. The Hall–Kier alpha value is -2.92. The first-order valence-corrected chi connectivity index (χ1v) is 13.6. The number of aryl methyl sites for hydroxylation is 1. The smallest absolute Gasteiger partial charge is 0.330 e. The maximum atomic E-state index is 12.9. The molecule has 1 aliphatic heterocycles. The molecule has 0 spiro atoms. The fourth-order valence-corrected chi connectivity index (χ4v) is 5.91. The van der Waals surface area contributed by atoms with Gasteiger partial charge < -0.3 is 25.2 Å². The van der Waals surface area contributed by atoms with E-state index in [0.29, 0.717) is 36.7 Å². The van der Waals surface area contributed by atoms with Gasteiger partial charge in [0.2, 0.25) is 5.91 Å². The number of amides is 1. The highest BCUT2D eigenvalue weighted by molar-refractivity contribution is 7.13. The van der Waals surface area contributed by atoms with Crippen molar-refractivity contribution < 1.29 is 24.2 Å². The highest BCUT2D eigenvalue weighted by atomic mass is 35.5. The van der Waals surface area contributed by atoms with Crippen LogP contribution in [0.3, 0.4) is 0 Å². The topological polar surface area (TPSA) is 123 Å². The number of ether oxygens (including phenoxy) is 2. The lowest BCUT2D eigenvalue weighted by Crippen LogP contribution is -2.51. The molecule has 4 atom stereocenters. The molecule has 1 aromatic carbocycles. The molecule has 1 saturated carbocycles. The molecule has 2 fully saturated rings. The Balaban J connectivity index is 0.00000220. The lowest BCUT2D eigenvalue weighted by molar-refractivity contribution is -0.143. The van der Waals surface area contributed by atoms with Crippen molar-refractivity contribution in [2.24, 2.45) is 5.92 Å². The van der Waals surface area contributed by atoms with Crippen LogP contribution in [0.1, 0.15) is 43.9 Å². The van der Waals surface area contributed by atoms with Gasteiger partial charge in [-0.15, -0.1) is 42.7 Å². The van der Waals surface area contributed by atoms with Gasteiger partial charge in [-0.1, -0.05) is 19.9 Å². The molecule has 5 rings (SSSR count). The van der Waals surface area contributed by atoms with E-state index in [1.807, 2.05) is 25.1 Å². The van der Waals surface area contributed by atoms with Gasteiger partial charge in [0.15, 0.2) is 0 Å². The number of halogens is 2. The van der Waals surface area contributed by atoms with E-state index in [9.17, 15) is 14.7 Å². The van der Waals surface area contributed by atoms with E-state index >= 15 is 0 Å². The first-order chi connectivity index (χ1) is 18.2. The number of aromatic nitrogens is 2. The average molecular weight is 610 g/mol. The van der Waals surface area contributed by atoms with E-state index in [-0.39, 0.29) is 42.7 Å². The van der Waals surface area contributed by atoms with Gasteiger partial charge in [0.1, 0.15) is 33.8 Å². The molecule has 1 amide bonds. The molecule has 0 radical (unpaired) electrons. The van der Waals surface area contributed by atoms with Crippen LogP contribution in [0.25, 0.3) is 21.6 Å². The molecule has 3 N–H and O–H groups in total. The largest absolute Gasteiger partial charge is 0.496 e. The highest BCUT2D eigenvalue weighted by Gasteiger charge is 2.60. The van der Waals surface area contributed by atoms with Crippen LogP contribution in [0.15, 0.2) is 36.2 Å². The standard InChI is InChI=1S/C28H32N4O5S.2ClH/c1-6-16-11-28(16,27(34)35)32-25(33)19-9-17(12-29-19)37-23-10-20(26-31-21(13-38-26)14(2)3)30-24-15(4)22(36-5)8-7-18(23)24;;/h6-8,10,13-14,16-17,19,29H,1,9,11-12H2,2-5H3,(H,32,33)(H,34,35);2*1H/t16-,17-,19+,28-;;/m1../s1. The zero-order valence-corrected chi connectivity index (χ0v) is 25.2. The van der Waals surface area contributed by atoms with Gasteiger partial charge in [-0.05, 0) is 31.4 Å². The molecule has 1 saturated heterocycles. The number of nitrogens with one attached hydrogen (secondary N) is 2. The van der Waals surface area contributed by atoms with Crippen LogP contribution in [0, 0.1) is 12.8 Å². The summed E-state index contributed by atoms with van der Waals surface area (Å²) in [5, 5.41) is 19.2. The summed E-state index contributed by atoms with van der Waals surface area (Å²) in [6, 6.07) is 5.18. The van der Waals surface area contributed by atoms with Crippen molar-refractivity contribution in [3.63, 3.8) is 0 Å². The van der Waals surface area contributed by atoms with Crippen molar-refractivity contribution in [2.45, 2.75) is 57.2 Å². The third-order valence-corrected chi connectivity index (χ3v) is 8.31. The van der Waals surface area contributed by atoms with Crippen LogP contribution in [0.5, 0.6) is 11.5 Å². The summed E-state index contributed by atoms with van der Waals surface area (Å²) in [6.07, 6.45) is 2.06. The minimum absolute atomic E-state index is 0. The number of carbonyl (C=O) groups excluding carboxylic acids is 1. The Labute approximate surface area is 249 Å². The Kier molecular flexibility index (Phi) is 9.72. The quantitative estimate of drug-likeness (QED) is 0.293. The van der Waals surface area contributed by atoms with Crippen molar-refractivity contribution >= 4 is 58.9 Å². The Morgan fingerprint density at radius 1 is 1.27 bits per heavy atom. The van der Waals surface area contributed by atoms with Gasteiger partial charge in [0.25, 0.3) is 0 Å². The van der Waals surface area contributed by atoms with Gasteiger partial charge in [-0.3, -0.25) is 4.79 Å². The molecule has 40 heavy (non-hydrogen) atoms. The fourth-order valence-electron chi connectivity index (χ4n) is 4.97. The van der Waals surface area contributed by atoms with Crippen molar-refractivity contribution in [3.05, 3.63) is 47.5 Å². The second kappa shape index (κ2) is 12.3. The number of methoxy groups -OCH3 is 1. The van der Waals surface area contributed by atoms with E-state index < -0.39 is 17.6 Å². The zero-order chi connectivity index (χ0) is 27.2. The second-order valence-corrected chi connectivity index (χ2v) is 11.1. The molecule has 0 unspecified atom stereocenters. The number of hydrogen-bond acceptors (Lipinski definition) is 8. The third-order valence-electron chi connectivity index (χ3n) is 7.43. The normalized spacial score (nSPS) is 23.2. The molecular formula is C28H34Cl2N4O5S. The SMILES string of the molecule is C=C[C@@H]1C[C@]1(NC(=O)[C@@H]1C[C@@H](Oc2cc(-c3nc(C(C)C)cs3)nc3c(C)c(OC)ccc23)CN1)C(=O)O.Cl.Cl. The molecule has 3 heterocycles. The van der Waals surface area contributed by atoms with Gasteiger partial charge in [0.05, 0.1) is 24.4 Å². The van der Waals surface area contributed by atoms with Crippen LogP contribution in [0.2, 0.25) is 0 Å². The Morgan fingerprint density at radius 2 is 2.02 bits per heavy atom. The molecule has 0 bridgehead atoms. The maximum absolute atomic E-state index is 12.9. The van der Waals surface area contributed by atoms with Crippen molar-refractivity contribution in [3.8, 4) is 22.2 Å². The molecule has 12 heteroatoms. The fraction of sp³-hybridized carbons (Fsp3) is 0.429. The summed E-state index contributed by atoms with van der Waals surface area (Å²) in [5.74, 6) is 0.0590. The molecule has 2 aliphatic rings. The second-order valence-electron chi connectivity index (χ2n) is 10.3. The van der Waals surface area contributed by atoms with Gasteiger partial charge in [-0.25, -0.2) is 14.8 Å². The lowest BCUT2D eigenvalue weighted by atomic mass is 10.1. The van der Waals surface area contributed by atoms with Crippen molar-refractivity contribution in [2.75, 3.05) is 13.7 Å². The van der Waals surface area contributed by atoms with Gasteiger partial charge in [-0.2, -0.15) is 0 Å². The maximum Gasteiger partial charge on any atom is 0.330 e. The number of carboxylic acids is 1. The van der Waals surface area contributed by atoms with Crippen molar-refractivity contribution in [1.29, 1.82) is 0 Å². The summed E-state index contributed by atoms with van der Waals surface area (Å²) in [7, 11) is 1.63. The third kappa shape index (κ3) is 5.76. The summed E-state index contributed by atoms with van der Waals surface area (Å²) >= 11 is 1.55. The van der Waals surface area contributed by atoms with E-state index in [1.165, 1.54) is 0 Å². The van der Waals surface area contributed by atoms with E-state index in [2.05, 4.69) is 36.4 Å². The van der Waals surface area contributed by atoms with Crippen molar-refractivity contribution in [1.82, 2.24) is 20.6 Å². The predicted octanol–water partition coefficient (Wildman–Crippen LogP) is 4.90. The molecule has 9 nitrogen and oxygen atoms in total. The van der Waals surface area contributed by atoms with E-state index in [0.717, 1.165) is 32.9 Å². The van der Waals surface area contributed by atoms with Gasteiger partial charge >= 0.3 is 5.97 Å². The van der Waals surface area contributed by atoms with Gasteiger partial charge in [0, 0.05) is 41.3 Å². The first kappa shape index (κ1) is 31.6. The average Bonchev–Trinajstić information content (AvgIpc) is 3.22. The molecule has 2 aromatic heterocycles. The lowest BCUT2D eigenvalue weighted by Gasteiger charge is -2.18. The number of thiazole rings is 1. The molecule has 1 aliphatic carbocycles. The molecular weight excluding hydrogens is 575 g/mol. The summed E-state index contributed by atoms with van der Waals surface area (Å²) in [4.78, 5) is 34.4. The Bertz CT molecular complexity index is 1430. The zero-order valence-electron chi connectivity index (χ0n) is 22.7. The Morgan fingerprint density at radius 3 is 2.62 bits per heavy atom. The molecule has 3 aromatic rings. The number of fused-ring (bicyclic) bond motifs is 1. The minimum Gasteiger partial charge on any atom is -0.496 e. The monoisotopic (exact) mass is 608 g/mol. The number of carboxylic acid groups (broad SMARTS) is 1. The first-order valence-electron chi connectivity index (χ1n) is 12.7.